The van der Waals surface area contributed by atoms with Crippen LogP contribution in [0.1, 0.15) is 27.2 Å². The average Bonchev–Trinajstić information content (AvgIpc) is 2.46. The highest BCUT2D eigenvalue weighted by molar-refractivity contribution is 5.98. The highest BCUT2D eigenvalue weighted by Gasteiger charge is 2.39. The van der Waals surface area contributed by atoms with Gasteiger partial charge in [0.1, 0.15) is 11.7 Å². The number of rotatable bonds is 4. The van der Waals surface area contributed by atoms with Crippen LogP contribution in [-0.2, 0) is 14.3 Å². The lowest BCUT2D eigenvalue weighted by Crippen LogP contribution is -2.32. The zero-order chi connectivity index (χ0) is 12.3. The third-order valence-corrected chi connectivity index (χ3v) is 2.76. The Bertz CT molecular complexity index is 317. The van der Waals surface area contributed by atoms with Crippen molar-refractivity contribution in [2.45, 2.75) is 32.8 Å². The molecular weight excluding hydrogens is 208 g/mol. The first kappa shape index (κ1) is 12.9. The Morgan fingerprint density at radius 1 is 1.62 bits per heavy atom. The molecule has 1 aliphatic rings. The van der Waals surface area contributed by atoms with Gasteiger partial charge in [0.05, 0.1) is 12.2 Å². The van der Waals surface area contributed by atoms with Gasteiger partial charge in [-0.2, -0.15) is 0 Å². The van der Waals surface area contributed by atoms with Crippen molar-refractivity contribution in [2.24, 2.45) is 11.8 Å². The van der Waals surface area contributed by atoms with Crippen molar-refractivity contribution < 1.29 is 19.4 Å². The van der Waals surface area contributed by atoms with Gasteiger partial charge in [0.2, 0.25) is 0 Å². The summed E-state index contributed by atoms with van der Waals surface area (Å²) in [5.74, 6) is -1.76. The molecule has 0 bridgehead atoms. The second-order valence-electron chi connectivity index (χ2n) is 4.42. The SMILES string of the molecule is CCOC(=O)C(C(C)=O)[C@H]1C=C[C@@](C)(O)C1. The molecular formula is C12H18O4. The van der Waals surface area contributed by atoms with Crippen LogP contribution in [-0.4, -0.2) is 29.1 Å². The van der Waals surface area contributed by atoms with Crippen LogP contribution in [0.2, 0.25) is 0 Å². The molecule has 0 heterocycles. The van der Waals surface area contributed by atoms with Crippen LogP contribution in [0.15, 0.2) is 12.2 Å². The van der Waals surface area contributed by atoms with E-state index in [1.807, 2.05) is 0 Å². The van der Waals surface area contributed by atoms with Crippen molar-refractivity contribution in [3.63, 3.8) is 0 Å². The molecule has 16 heavy (non-hydrogen) atoms. The van der Waals surface area contributed by atoms with Crippen molar-refractivity contribution in [3.8, 4) is 0 Å². The first-order chi connectivity index (χ1) is 7.37. The highest BCUT2D eigenvalue weighted by atomic mass is 16.5. The predicted octanol–water partition coefficient (Wildman–Crippen LogP) is 1.08. The van der Waals surface area contributed by atoms with Gasteiger partial charge in [0.25, 0.3) is 0 Å². The Kier molecular flexibility index (Phi) is 3.86. The van der Waals surface area contributed by atoms with E-state index in [1.165, 1.54) is 6.92 Å². The molecule has 1 unspecified atom stereocenters. The quantitative estimate of drug-likeness (QED) is 0.442. The summed E-state index contributed by atoms with van der Waals surface area (Å²) in [5.41, 5.74) is -0.926. The van der Waals surface area contributed by atoms with Gasteiger partial charge in [0.15, 0.2) is 0 Å². The molecule has 0 aromatic heterocycles. The summed E-state index contributed by atoms with van der Waals surface area (Å²) in [6.07, 6.45) is 3.74. The molecule has 0 saturated heterocycles. The van der Waals surface area contributed by atoms with Gasteiger partial charge in [-0.1, -0.05) is 12.2 Å². The number of carbonyl (C=O) groups is 2. The third-order valence-electron chi connectivity index (χ3n) is 2.76. The molecule has 0 aliphatic heterocycles. The maximum absolute atomic E-state index is 11.6. The van der Waals surface area contributed by atoms with Crippen LogP contribution in [0.4, 0.5) is 0 Å². The van der Waals surface area contributed by atoms with E-state index in [9.17, 15) is 14.7 Å². The van der Waals surface area contributed by atoms with Crippen molar-refractivity contribution in [1.82, 2.24) is 0 Å². The molecule has 1 N–H and O–H groups in total. The molecule has 0 saturated carbocycles. The third kappa shape index (κ3) is 2.92. The molecule has 3 atom stereocenters. The molecule has 0 spiro atoms. The van der Waals surface area contributed by atoms with E-state index < -0.39 is 17.5 Å². The largest absolute Gasteiger partial charge is 0.465 e. The van der Waals surface area contributed by atoms with E-state index in [4.69, 9.17) is 4.74 Å². The number of carbonyl (C=O) groups excluding carboxylic acids is 2. The van der Waals surface area contributed by atoms with Crippen molar-refractivity contribution in [3.05, 3.63) is 12.2 Å². The lowest BCUT2D eigenvalue weighted by molar-refractivity contribution is -0.153. The first-order valence-corrected chi connectivity index (χ1v) is 5.46. The predicted molar refractivity (Wildman–Crippen MR) is 58.7 cm³/mol. The zero-order valence-electron chi connectivity index (χ0n) is 9.90. The smallest absolute Gasteiger partial charge is 0.317 e. The number of aliphatic hydroxyl groups is 1. The summed E-state index contributed by atoms with van der Waals surface area (Å²) < 4.78 is 4.87. The summed E-state index contributed by atoms with van der Waals surface area (Å²) in [7, 11) is 0. The summed E-state index contributed by atoms with van der Waals surface area (Å²) in [5, 5.41) is 9.76. The fraction of sp³-hybridized carbons (Fsp3) is 0.667. The van der Waals surface area contributed by atoms with Crippen molar-refractivity contribution in [1.29, 1.82) is 0 Å². The number of allylic oxidation sites excluding steroid dienone is 1. The lowest BCUT2D eigenvalue weighted by Gasteiger charge is -2.21. The fourth-order valence-electron chi connectivity index (χ4n) is 2.05. The number of esters is 1. The maximum atomic E-state index is 11.6. The van der Waals surface area contributed by atoms with Crippen LogP contribution in [0, 0.1) is 11.8 Å². The summed E-state index contributed by atoms with van der Waals surface area (Å²) >= 11 is 0. The first-order valence-electron chi connectivity index (χ1n) is 5.46. The Hall–Kier alpha value is -1.16. The minimum Gasteiger partial charge on any atom is -0.465 e. The molecule has 1 aliphatic carbocycles. The number of hydrogen-bond donors (Lipinski definition) is 1. The maximum Gasteiger partial charge on any atom is 0.317 e. The van der Waals surface area contributed by atoms with E-state index in [2.05, 4.69) is 0 Å². The number of hydrogen-bond acceptors (Lipinski definition) is 4. The van der Waals surface area contributed by atoms with E-state index in [1.54, 1.807) is 26.0 Å². The van der Waals surface area contributed by atoms with Gasteiger partial charge in [-0.3, -0.25) is 9.59 Å². The van der Waals surface area contributed by atoms with Gasteiger partial charge in [0, 0.05) is 5.92 Å². The second kappa shape index (κ2) is 4.78. The zero-order valence-corrected chi connectivity index (χ0v) is 9.90. The molecule has 1 rings (SSSR count). The van der Waals surface area contributed by atoms with Crippen LogP contribution in [0.25, 0.3) is 0 Å². The summed E-state index contributed by atoms with van der Waals surface area (Å²) in [6, 6.07) is 0. The standard InChI is InChI=1S/C12H18O4/c1-4-16-11(14)10(8(2)13)9-5-6-12(3,15)7-9/h5-6,9-10,15H,4,7H2,1-3H3/t9-,10?,12+/m0/s1. The second-order valence-corrected chi connectivity index (χ2v) is 4.42. The Balaban J connectivity index is 2.77. The Morgan fingerprint density at radius 2 is 2.25 bits per heavy atom. The topological polar surface area (TPSA) is 63.6 Å². The molecule has 0 aromatic rings. The summed E-state index contributed by atoms with van der Waals surface area (Å²) in [6.45, 7) is 5.00. The van der Waals surface area contributed by atoms with Crippen LogP contribution in [0.5, 0.6) is 0 Å². The van der Waals surface area contributed by atoms with E-state index in [-0.39, 0.29) is 18.3 Å². The van der Waals surface area contributed by atoms with Crippen LogP contribution < -0.4 is 0 Å². The fourth-order valence-corrected chi connectivity index (χ4v) is 2.05. The normalized spacial score (nSPS) is 30.1. The molecule has 0 fully saturated rings. The molecule has 4 heteroatoms. The molecule has 0 aromatic carbocycles. The van der Waals surface area contributed by atoms with E-state index in [0.29, 0.717) is 6.42 Å². The van der Waals surface area contributed by atoms with E-state index in [0.717, 1.165) is 0 Å². The van der Waals surface area contributed by atoms with Gasteiger partial charge in [-0.05, 0) is 27.2 Å². The number of ether oxygens (including phenoxy) is 1. The van der Waals surface area contributed by atoms with Crippen LogP contribution >= 0.6 is 0 Å². The minimum absolute atomic E-state index is 0.217. The number of Topliss-reactive ketones (excluding diaryl/α,β-unsaturated/α-hetero) is 1. The molecule has 0 amide bonds. The minimum atomic E-state index is -0.926. The van der Waals surface area contributed by atoms with E-state index >= 15 is 0 Å². The van der Waals surface area contributed by atoms with Gasteiger partial charge in [-0.15, -0.1) is 0 Å². The monoisotopic (exact) mass is 226 g/mol. The molecule has 90 valence electrons. The molecule has 4 nitrogen and oxygen atoms in total. The molecule has 0 radical (unpaired) electrons. The van der Waals surface area contributed by atoms with Gasteiger partial charge in [-0.25, -0.2) is 0 Å². The highest BCUT2D eigenvalue weighted by Crippen LogP contribution is 2.33. The van der Waals surface area contributed by atoms with Crippen molar-refractivity contribution >= 4 is 11.8 Å². The van der Waals surface area contributed by atoms with Gasteiger partial charge < -0.3 is 9.84 Å². The number of ketones is 1. The lowest BCUT2D eigenvalue weighted by atomic mass is 9.86. The van der Waals surface area contributed by atoms with Crippen LogP contribution in [0.3, 0.4) is 0 Å². The van der Waals surface area contributed by atoms with Gasteiger partial charge >= 0.3 is 5.97 Å². The van der Waals surface area contributed by atoms with Crippen molar-refractivity contribution in [2.75, 3.05) is 6.61 Å². The Morgan fingerprint density at radius 3 is 2.62 bits per heavy atom. The summed E-state index contributed by atoms with van der Waals surface area (Å²) in [4.78, 5) is 23.1. The average molecular weight is 226 g/mol. The Labute approximate surface area is 95.3 Å².